The highest BCUT2D eigenvalue weighted by Crippen LogP contribution is 2.24. The Kier molecular flexibility index (Phi) is 4.37. The molecule has 1 aliphatic rings. The van der Waals surface area contributed by atoms with Crippen LogP contribution in [0.25, 0.3) is 0 Å². The Bertz CT molecular complexity index is 621. The van der Waals surface area contributed by atoms with E-state index >= 15 is 0 Å². The summed E-state index contributed by atoms with van der Waals surface area (Å²) in [6, 6.07) is 14.4. The van der Waals surface area contributed by atoms with E-state index in [4.69, 9.17) is 0 Å². The van der Waals surface area contributed by atoms with E-state index in [1.54, 1.807) is 12.3 Å². The van der Waals surface area contributed by atoms with Gasteiger partial charge in [-0.2, -0.15) is 0 Å². The highest BCUT2D eigenvalue weighted by molar-refractivity contribution is 5.92. The maximum Gasteiger partial charge on any atom is 0.272 e. The van der Waals surface area contributed by atoms with Crippen molar-refractivity contribution in [2.45, 2.75) is 32.4 Å². The van der Waals surface area contributed by atoms with Gasteiger partial charge in [0.25, 0.3) is 5.91 Å². The average Bonchev–Trinajstić information content (AvgIpc) is 3.38. The average molecular weight is 295 g/mol. The predicted octanol–water partition coefficient (Wildman–Crippen LogP) is 3.32. The van der Waals surface area contributed by atoms with E-state index in [2.05, 4.69) is 10.3 Å². The zero-order valence-electron chi connectivity index (χ0n) is 12.8. The molecule has 1 N–H and O–H groups in total. The van der Waals surface area contributed by atoms with Gasteiger partial charge in [0.15, 0.2) is 0 Å². The van der Waals surface area contributed by atoms with E-state index in [9.17, 15) is 4.79 Å². The number of anilines is 1. The molecule has 1 aliphatic carbocycles. The summed E-state index contributed by atoms with van der Waals surface area (Å²) in [7, 11) is 0. The maximum absolute atomic E-state index is 12.6. The third kappa shape index (κ3) is 3.64. The Hall–Kier alpha value is -2.36. The molecule has 0 aliphatic heterocycles. The second kappa shape index (κ2) is 6.60. The van der Waals surface area contributed by atoms with Crippen molar-refractivity contribution in [2.75, 3.05) is 11.9 Å². The maximum atomic E-state index is 12.6. The SMILES string of the molecule is CCN(Cc1ccccc1)C(=O)c1ccc(NC2CC2)cn1. The van der Waals surface area contributed by atoms with Crippen LogP contribution in [0.4, 0.5) is 5.69 Å². The molecule has 0 radical (unpaired) electrons. The number of pyridine rings is 1. The standard InChI is InChI=1S/C18H21N3O/c1-2-21(13-14-6-4-3-5-7-14)18(22)17-11-10-16(12-19-17)20-15-8-9-15/h3-7,10-12,15,20H,2,8-9,13H2,1H3. The summed E-state index contributed by atoms with van der Waals surface area (Å²) in [5.74, 6) is -0.0238. The fraction of sp³-hybridized carbons (Fsp3) is 0.333. The van der Waals surface area contributed by atoms with Gasteiger partial charge in [-0.15, -0.1) is 0 Å². The Balaban J connectivity index is 1.67. The van der Waals surface area contributed by atoms with Crippen LogP contribution in [0.2, 0.25) is 0 Å². The minimum absolute atomic E-state index is 0.0238. The number of nitrogens with zero attached hydrogens (tertiary/aromatic N) is 2. The van der Waals surface area contributed by atoms with E-state index in [1.807, 2.05) is 48.2 Å². The smallest absolute Gasteiger partial charge is 0.272 e. The fourth-order valence-electron chi connectivity index (χ4n) is 2.36. The molecular weight excluding hydrogens is 274 g/mol. The van der Waals surface area contributed by atoms with Crippen molar-refractivity contribution in [3.8, 4) is 0 Å². The van der Waals surface area contributed by atoms with Gasteiger partial charge >= 0.3 is 0 Å². The molecule has 1 heterocycles. The first-order valence-corrected chi connectivity index (χ1v) is 7.82. The Morgan fingerprint density at radius 1 is 1.23 bits per heavy atom. The number of hydrogen-bond acceptors (Lipinski definition) is 3. The van der Waals surface area contributed by atoms with Crippen molar-refractivity contribution in [3.05, 3.63) is 59.9 Å². The van der Waals surface area contributed by atoms with Crippen LogP contribution in [0.5, 0.6) is 0 Å². The Labute approximate surface area is 131 Å². The van der Waals surface area contributed by atoms with Crippen LogP contribution in [-0.4, -0.2) is 28.4 Å². The number of hydrogen-bond donors (Lipinski definition) is 1. The van der Waals surface area contributed by atoms with Gasteiger partial charge < -0.3 is 10.2 Å². The van der Waals surface area contributed by atoms with Crippen molar-refractivity contribution in [1.29, 1.82) is 0 Å². The molecule has 2 aromatic rings. The van der Waals surface area contributed by atoms with Crippen LogP contribution in [0.3, 0.4) is 0 Å². The monoisotopic (exact) mass is 295 g/mol. The second-order valence-corrected chi connectivity index (χ2v) is 5.66. The van der Waals surface area contributed by atoms with E-state index in [-0.39, 0.29) is 5.91 Å². The minimum Gasteiger partial charge on any atom is -0.381 e. The molecule has 4 heteroatoms. The summed E-state index contributed by atoms with van der Waals surface area (Å²) in [5, 5.41) is 3.38. The number of aromatic nitrogens is 1. The molecule has 114 valence electrons. The van der Waals surface area contributed by atoms with E-state index < -0.39 is 0 Å². The third-order valence-corrected chi connectivity index (χ3v) is 3.82. The highest BCUT2D eigenvalue weighted by atomic mass is 16.2. The molecule has 1 aromatic carbocycles. The summed E-state index contributed by atoms with van der Waals surface area (Å²) in [6.07, 6.45) is 4.20. The summed E-state index contributed by atoms with van der Waals surface area (Å²) in [5.41, 5.74) is 2.62. The van der Waals surface area contributed by atoms with Crippen LogP contribution >= 0.6 is 0 Å². The minimum atomic E-state index is -0.0238. The zero-order chi connectivity index (χ0) is 15.4. The first kappa shape index (κ1) is 14.6. The van der Waals surface area contributed by atoms with Crippen LogP contribution in [-0.2, 0) is 6.54 Å². The Morgan fingerprint density at radius 3 is 2.59 bits per heavy atom. The van der Waals surface area contributed by atoms with Crippen LogP contribution in [0.1, 0.15) is 35.8 Å². The molecule has 1 fully saturated rings. The lowest BCUT2D eigenvalue weighted by atomic mass is 10.2. The van der Waals surface area contributed by atoms with Crippen molar-refractivity contribution in [3.63, 3.8) is 0 Å². The van der Waals surface area contributed by atoms with E-state index in [0.29, 0.717) is 24.8 Å². The lowest BCUT2D eigenvalue weighted by Gasteiger charge is -2.20. The summed E-state index contributed by atoms with van der Waals surface area (Å²) in [6.45, 7) is 3.27. The first-order chi connectivity index (χ1) is 10.8. The normalized spacial score (nSPS) is 13.7. The molecule has 3 rings (SSSR count). The summed E-state index contributed by atoms with van der Waals surface area (Å²) >= 11 is 0. The van der Waals surface area contributed by atoms with Gasteiger partial charge in [-0.05, 0) is 37.5 Å². The lowest BCUT2D eigenvalue weighted by Crippen LogP contribution is -2.30. The predicted molar refractivity (Wildman–Crippen MR) is 87.7 cm³/mol. The van der Waals surface area contributed by atoms with E-state index in [1.165, 1.54) is 12.8 Å². The summed E-state index contributed by atoms with van der Waals surface area (Å²) < 4.78 is 0. The van der Waals surface area contributed by atoms with Crippen LogP contribution in [0.15, 0.2) is 48.7 Å². The lowest BCUT2D eigenvalue weighted by molar-refractivity contribution is 0.0746. The van der Waals surface area contributed by atoms with E-state index in [0.717, 1.165) is 11.3 Å². The van der Waals surface area contributed by atoms with Gasteiger partial charge in [-0.25, -0.2) is 4.98 Å². The van der Waals surface area contributed by atoms with Gasteiger partial charge in [-0.1, -0.05) is 30.3 Å². The largest absolute Gasteiger partial charge is 0.381 e. The first-order valence-electron chi connectivity index (χ1n) is 7.82. The van der Waals surface area contributed by atoms with Gasteiger partial charge in [0.05, 0.1) is 11.9 Å². The fourth-order valence-corrected chi connectivity index (χ4v) is 2.36. The van der Waals surface area contributed by atoms with Crippen molar-refractivity contribution in [1.82, 2.24) is 9.88 Å². The molecule has 0 saturated heterocycles. The molecule has 0 unspecified atom stereocenters. The Morgan fingerprint density at radius 2 is 2.00 bits per heavy atom. The molecule has 4 nitrogen and oxygen atoms in total. The van der Waals surface area contributed by atoms with Crippen molar-refractivity contribution in [2.24, 2.45) is 0 Å². The molecule has 0 atom stereocenters. The van der Waals surface area contributed by atoms with Gasteiger partial charge in [0.2, 0.25) is 0 Å². The highest BCUT2D eigenvalue weighted by Gasteiger charge is 2.21. The number of carbonyl (C=O) groups excluding carboxylic acids is 1. The number of rotatable bonds is 6. The van der Waals surface area contributed by atoms with Gasteiger partial charge in [0.1, 0.15) is 5.69 Å². The molecule has 22 heavy (non-hydrogen) atoms. The number of amides is 1. The van der Waals surface area contributed by atoms with Gasteiger partial charge in [-0.3, -0.25) is 4.79 Å². The molecule has 0 spiro atoms. The van der Waals surface area contributed by atoms with Crippen LogP contribution < -0.4 is 5.32 Å². The third-order valence-electron chi connectivity index (χ3n) is 3.82. The number of carbonyl (C=O) groups is 1. The van der Waals surface area contributed by atoms with Crippen molar-refractivity contribution < 1.29 is 4.79 Å². The van der Waals surface area contributed by atoms with Crippen LogP contribution in [0, 0.1) is 0 Å². The molecule has 1 saturated carbocycles. The number of benzene rings is 1. The van der Waals surface area contributed by atoms with Gasteiger partial charge in [0, 0.05) is 19.1 Å². The summed E-state index contributed by atoms with van der Waals surface area (Å²) in [4.78, 5) is 18.7. The topological polar surface area (TPSA) is 45.2 Å². The molecule has 1 amide bonds. The molecule has 0 bridgehead atoms. The number of nitrogens with one attached hydrogen (secondary N) is 1. The second-order valence-electron chi connectivity index (χ2n) is 5.66. The molecular formula is C18H21N3O. The zero-order valence-corrected chi connectivity index (χ0v) is 12.8. The van der Waals surface area contributed by atoms with Crippen molar-refractivity contribution >= 4 is 11.6 Å². The molecule has 1 aromatic heterocycles. The quantitative estimate of drug-likeness (QED) is 0.889.